The SMILES string of the molecule is COc1ccc(S(=O)(=O)Nc2cc(C(=O)N(C)C)ccc2N2CCNCC2)cc1. The summed E-state index contributed by atoms with van der Waals surface area (Å²) in [5, 5.41) is 3.28. The molecular formula is C20H26N4O4S. The van der Waals surface area contributed by atoms with Gasteiger partial charge in [-0.15, -0.1) is 0 Å². The first kappa shape index (κ1) is 20.9. The van der Waals surface area contributed by atoms with Gasteiger partial charge in [-0.05, 0) is 42.5 Å². The van der Waals surface area contributed by atoms with Crippen LogP contribution in [-0.2, 0) is 10.0 Å². The van der Waals surface area contributed by atoms with Crippen LogP contribution in [0.3, 0.4) is 0 Å². The number of benzene rings is 2. The van der Waals surface area contributed by atoms with E-state index >= 15 is 0 Å². The van der Waals surface area contributed by atoms with Gasteiger partial charge in [0.15, 0.2) is 0 Å². The highest BCUT2D eigenvalue weighted by molar-refractivity contribution is 7.92. The molecule has 0 spiro atoms. The molecule has 2 N–H and O–H groups in total. The van der Waals surface area contributed by atoms with Crippen molar-refractivity contribution in [1.82, 2.24) is 10.2 Å². The molecule has 156 valence electrons. The molecule has 1 amide bonds. The smallest absolute Gasteiger partial charge is 0.261 e. The third-order valence-electron chi connectivity index (χ3n) is 4.72. The Labute approximate surface area is 171 Å². The first-order chi connectivity index (χ1) is 13.8. The molecule has 29 heavy (non-hydrogen) atoms. The zero-order valence-corrected chi connectivity index (χ0v) is 17.6. The minimum Gasteiger partial charge on any atom is -0.497 e. The number of hydrogen-bond acceptors (Lipinski definition) is 6. The lowest BCUT2D eigenvalue weighted by Crippen LogP contribution is -2.43. The van der Waals surface area contributed by atoms with Gasteiger partial charge in [-0.25, -0.2) is 8.42 Å². The number of piperazine rings is 1. The number of carbonyl (C=O) groups excluding carboxylic acids is 1. The minimum absolute atomic E-state index is 0.119. The lowest BCUT2D eigenvalue weighted by Gasteiger charge is -2.31. The van der Waals surface area contributed by atoms with Crippen LogP contribution >= 0.6 is 0 Å². The van der Waals surface area contributed by atoms with Gasteiger partial charge in [0.2, 0.25) is 0 Å². The Morgan fingerprint density at radius 1 is 1.10 bits per heavy atom. The van der Waals surface area contributed by atoms with E-state index in [4.69, 9.17) is 4.74 Å². The van der Waals surface area contributed by atoms with Gasteiger partial charge in [-0.3, -0.25) is 9.52 Å². The standard InChI is InChI=1S/C20H26N4O4S/c1-23(2)20(25)15-4-9-19(24-12-10-21-11-13-24)18(14-15)22-29(26,27)17-7-5-16(28-3)6-8-17/h4-9,14,21-22H,10-13H2,1-3H3. The Bertz CT molecular complexity index is 968. The van der Waals surface area contributed by atoms with Gasteiger partial charge in [0.25, 0.3) is 15.9 Å². The summed E-state index contributed by atoms with van der Waals surface area (Å²) in [5.74, 6) is 0.380. The summed E-state index contributed by atoms with van der Waals surface area (Å²) in [7, 11) is 1.01. The van der Waals surface area contributed by atoms with E-state index in [1.54, 1.807) is 44.4 Å². The predicted molar refractivity (Wildman–Crippen MR) is 113 cm³/mol. The van der Waals surface area contributed by atoms with Crippen LogP contribution in [0.25, 0.3) is 0 Å². The van der Waals surface area contributed by atoms with Crippen LogP contribution in [0.15, 0.2) is 47.4 Å². The highest BCUT2D eigenvalue weighted by Crippen LogP contribution is 2.30. The molecule has 0 aromatic heterocycles. The van der Waals surface area contributed by atoms with Gasteiger partial charge in [-0.2, -0.15) is 0 Å². The molecule has 0 bridgehead atoms. The Morgan fingerprint density at radius 2 is 1.76 bits per heavy atom. The molecule has 2 aromatic rings. The number of ether oxygens (including phenoxy) is 1. The summed E-state index contributed by atoms with van der Waals surface area (Å²) in [6, 6.07) is 11.3. The largest absolute Gasteiger partial charge is 0.497 e. The van der Waals surface area contributed by atoms with Gasteiger partial charge in [0.1, 0.15) is 5.75 Å². The Balaban J connectivity index is 1.99. The van der Waals surface area contributed by atoms with Crippen molar-refractivity contribution in [3.05, 3.63) is 48.0 Å². The lowest BCUT2D eigenvalue weighted by atomic mass is 10.1. The first-order valence-corrected chi connectivity index (χ1v) is 10.8. The van der Waals surface area contributed by atoms with Crippen LogP contribution in [0.4, 0.5) is 11.4 Å². The maximum absolute atomic E-state index is 13.0. The number of anilines is 2. The summed E-state index contributed by atoms with van der Waals surface area (Å²) in [6.07, 6.45) is 0. The lowest BCUT2D eigenvalue weighted by molar-refractivity contribution is 0.0827. The van der Waals surface area contributed by atoms with Crippen molar-refractivity contribution in [2.45, 2.75) is 4.90 Å². The molecule has 9 heteroatoms. The van der Waals surface area contributed by atoms with Crippen molar-refractivity contribution in [1.29, 1.82) is 0 Å². The molecule has 0 atom stereocenters. The van der Waals surface area contributed by atoms with Crippen LogP contribution in [-0.4, -0.2) is 66.6 Å². The molecule has 1 aliphatic rings. The normalized spacial score (nSPS) is 14.4. The second kappa shape index (κ2) is 8.71. The zero-order chi connectivity index (χ0) is 21.0. The predicted octanol–water partition coefficient (Wildman–Crippen LogP) is 1.61. The number of methoxy groups -OCH3 is 1. The topological polar surface area (TPSA) is 91.0 Å². The average molecular weight is 419 g/mol. The Hall–Kier alpha value is -2.78. The summed E-state index contributed by atoms with van der Waals surface area (Å²) < 4.78 is 33.7. The van der Waals surface area contributed by atoms with Crippen LogP contribution in [0.2, 0.25) is 0 Å². The van der Waals surface area contributed by atoms with E-state index in [0.29, 0.717) is 17.0 Å². The third kappa shape index (κ3) is 4.80. The van der Waals surface area contributed by atoms with Gasteiger partial charge in [-0.1, -0.05) is 0 Å². The van der Waals surface area contributed by atoms with Crippen LogP contribution in [0, 0.1) is 0 Å². The van der Waals surface area contributed by atoms with Gasteiger partial charge in [0.05, 0.1) is 23.4 Å². The number of sulfonamides is 1. The molecule has 1 saturated heterocycles. The molecule has 0 unspecified atom stereocenters. The van der Waals surface area contributed by atoms with Gasteiger partial charge in [0, 0.05) is 45.8 Å². The van der Waals surface area contributed by atoms with Crippen LogP contribution in [0.1, 0.15) is 10.4 Å². The van der Waals surface area contributed by atoms with E-state index in [2.05, 4.69) is 14.9 Å². The fourth-order valence-corrected chi connectivity index (χ4v) is 4.21. The summed E-state index contributed by atoms with van der Waals surface area (Å²) in [5.41, 5.74) is 1.55. The van der Waals surface area contributed by atoms with E-state index < -0.39 is 10.0 Å². The van der Waals surface area contributed by atoms with Crippen LogP contribution < -0.4 is 19.7 Å². The number of nitrogens with one attached hydrogen (secondary N) is 2. The summed E-state index contributed by atoms with van der Waals surface area (Å²) in [6.45, 7) is 3.11. The molecule has 0 radical (unpaired) electrons. The maximum Gasteiger partial charge on any atom is 0.261 e. The summed E-state index contributed by atoms with van der Waals surface area (Å²) >= 11 is 0. The fourth-order valence-electron chi connectivity index (χ4n) is 3.15. The minimum atomic E-state index is -3.83. The fraction of sp³-hybridized carbons (Fsp3) is 0.350. The van der Waals surface area contributed by atoms with E-state index in [0.717, 1.165) is 31.9 Å². The summed E-state index contributed by atoms with van der Waals surface area (Å²) in [4.78, 5) is 16.1. The van der Waals surface area contributed by atoms with E-state index in [9.17, 15) is 13.2 Å². The van der Waals surface area contributed by atoms with Crippen molar-refractivity contribution < 1.29 is 17.9 Å². The Kier molecular flexibility index (Phi) is 6.29. The monoisotopic (exact) mass is 418 g/mol. The molecule has 0 saturated carbocycles. The molecular weight excluding hydrogens is 392 g/mol. The first-order valence-electron chi connectivity index (χ1n) is 9.30. The number of nitrogens with zero attached hydrogens (tertiary/aromatic N) is 2. The second-order valence-corrected chi connectivity index (χ2v) is 8.63. The van der Waals surface area contributed by atoms with Gasteiger partial charge < -0.3 is 19.9 Å². The van der Waals surface area contributed by atoms with Crippen molar-refractivity contribution in [2.24, 2.45) is 0 Å². The van der Waals surface area contributed by atoms with Crippen molar-refractivity contribution in [3.63, 3.8) is 0 Å². The number of amides is 1. The average Bonchev–Trinajstić information content (AvgIpc) is 2.73. The number of carbonyl (C=O) groups is 1. The van der Waals surface area contributed by atoms with Crippen molar-refractivity contribution in [2.75, 3.05) is 57.0 Å². The molecule has 1 heterocycles. The zero-order valence-electron chi connectivity index (χ0n) is 16.8. The van der Waals surface area contributed by atoms with Crippen molar-refractivity contribution in [3.8, 4) is 5.75 Å². The highest BCUT2D eigenvalue weighted by Gasteiger charge is 2.21. The number of hydrogen-bond donors (Lipinski definition) is 2. The highest BCUT2D eigenvalue weighted by atomic mass is 32.2. The molecule has 8 nitrogen and oxygen atoms in total. The molecule has 1 fully saturated rings. The van der Waals surface area contributed by atoms with Crippen LogP contribution in [0.5, 0.6) is 5.75 Å². The van der Waals surface area contributed by atoms with Crippen molar-refractivity contribution >= 4 is 27.3 Å². The molecule has 2 aromatic carbocycles. The Morgan fingerprint density at radius 3 is 2.34 bits per heavy atom. The quantitative estimate of drug-likeness (QED) is 0.741. The molecule has 1 aliphatic heterocycles. The van der Waals surface area contributed by atoms with Gasteiger partial charge >= 0.3 is 0 Å². The molecule has 0 aliphatic carbocycles. The second-order valence-electron chi connectivity index (χ2n) is 6.95. The van der Waals surface area contributed by atoms with E-state index in [1.807, 2.05) is 0 Å². The molecule has 3 rings (SSSR count). The van der Waals surface area contributed by atoms with E-state index in [1.165, 1.54) is 24.1 Å². The third-order valence-corrected chi connectivity index (χ3v) is 6.10. The number of rotatable bonds is 6. The maximum atomic E-state index is 13.0. The van der Waals surface area contributed by atoms with E-state index in [-0.39, 0.29) is 10.8 Å².